The molecule has 2 aromatic carbocycles. The van der Waals surface area contributed by atoms with Crippen molar-refractivity contribution in [2.45, 2.75) is 32.5 Å². The van der Waals surface area contributed by atoms with Gasteiger partial charge in [0.05, 0.1) is 11.6 Å². The Hall–Kier alpha value is -1.33. The maximum absolute atomic E-state index is 13.8. The van der Waals surface area contributed by atoms with Gasteiger partial charge in [0.1, 0.15) is 18.2 Å². The lowest BCUT2D eigenvalue weighted by Crippen LogP contribution is -2.31. The minimum Gasteiger partial charge on any atom is -0.488 e. The highest BCUT2D eigenvalue weighted by molar-refractivity contribution is 6.31. The molecule has 2 rings (SSSR count). The van der Waals surface area contributed by atoms with Gasteiger partial charge in [-0.1, -0.05) is 36.2 Å². The van der Waals surface area contributed by atoms with Crippen molar-refractivity contribution in [1.29, 1.82) is 0 Å². The lowest BCUT2D eigenvalue weighted by atomic mass is 10.1. The zero-order valence-corrected chi connectivity index (χ0v) is 14.9. The summed E-state index contributed by atoms with van der Waals surface area (Å²) in [6.45, 7) is 2.55. The molecule has 0 amide bonds. The first-order valence-electron chi connectivity index (χ1n) is 7.73. The molecule has 6 heteroatoms. The molecule has 2 N–H and O–H groups in total. The third-order valence-corrected chi connectivity index (χ3v) is 4.34. The van der Waals surface area contributed by atoms with Crippen LogP contribution in [0, 0.1) is 5.82 Å². The van der Waals surface area contributed by atoms with Gasteiger partial charge in [0.15, 0.2) is 0 Å². The zero-order valence-electron chi connectivity index (χ0n) is 13.4. The van der Waals surface area contributed by atoms with E-state index in [0.717, 1.165) is 12.0 Å². The predicted molar refractivity (Wildman–Crippen MR) is 95.2 cm³/mol. The van der Waals surface area contributed by atoms with Crippen LogP contribution < -0.4 is 10.1 Å². The van der Waals surface area contributed by atoms with Gasteiger partial charge in [-0.25, -0.2) is 4.39 Å². The summed E-state index contributed by atoms with van der Waals surface area (Å²) >= 11 is 12.1. The fourth-order valence-electron chi connectivity index (χ4n) is 2.24. The van der Waals surface area contributed by atoms with Crippen molar-refractivity contribution in [3.63, 3.8) is 0 Å². The number of hydrogen-bond acceptors (Lipinski definition) is 3. The van der Waals surface area contributed by atoms with Crippen LogP contribution >= 0.6 is 23.2 Å². The molecular formula is C18H20Cl2FNO2. The van der Waals surface area contributed by atoms with Crippen molar-refractivity contribution in [3.8, 4) is 5.75 Å². The Morgan fingerprint density at radius 3 is 2.71 bits per heavy atom. The maximum atomic E-state index is 13.8. The highest BCUT2D eigenvalue weighted by Gasteiger charge is 2.11. The lowest BCUT2D eigenvalue weighted by molar-refractivity contribution is 0.237. The van der Waals surface area contributed by atoms with Crippen LogP contribution in [0.1, 0.15) is 24.5 Å². The predicted octanol–water partition coefficient (Wildman–Crippen LogP) is 4.57. The van der Waals surface area contributed by atoms with Gasteiger partial charge in [-0.05, 0) is 36.8 Å². The minimum absolute atomic E-state index is 0.00200. The standard InChI is InChI=1S/C18H20Cl2FNO2/c1-2-14(10-23)22-9-12-8-13(19)6-7-18(12)24-11-15-16(20)4-3-5-17(15)21/h3-8,14,22-23H,2,9-11H2,1H3. The molecule has 1 atom stereocenters. The van der Waals surface area contributed by atoms with Gasteiger partial charge >= 0.3 is 0 Å². The molecular weight excluding hydrogens is 352 g/mol. The second-order valence-corrected chi connectivity index (χ2v) is 6.25. The summed E-state index contributed by atoms with van der Waals surface area (Å²) in [5.41, 5.74) is 1.15. The molecule has 130 valence electrons. The first-order valence-corrected chi connectivity index (χ1v) is 8.49. The molecule has 3 nitrogen and oxygen atoms in total. The van der Waals surface area contributed by atoms with Gasteiger partial charge in [0.25, 0.3) is 0 Å². The number of aliphatic hydroxyl groups is 1. The number of ether oxygens (including phenoxy) is 1. The average Bonchev–Trinajstić information content (AvgIpc) is 2.57. The Balaban J connectivity index is 2.12. The molecule has 0 saturated heterocycles. The molecule has 0 bridgehead atoms. The van der Waals surface area contributed by atoms with Crippen molar-refractivity contribution < 1.29 is 14.2 Å². The first-order chi connectivity index (χ1) is 11.5. The fourth-order valence-corrected chi connectivity index (χ4v) is 2.65. The number of hydrogen-bond donors (Lipinski definition) is 2. The smallest absolute Gasteiger partial charge is 0.131 e. The van der Waals surface area contributed by atoms with E-state index in [2.05, 4.69) is 5.32 Å². The molecule has 2 aromatic rings. The summed E-state index contributed by atoms with van der Waals surface area (Å²) in [6.07, 6.45) is 0.804. The minimum atomic E-state index is -0.400. The summed E-state index contributed by atoms with van der Waals surface area (Å²) in [5.74, 6) is 0.196. The van der Waals surface area contributed by atoms with Gasteiger partial charge in [0, 0.05) is 28.7 Å². The molecule has 0 saturated carbocycles. The van der Waals surface area contributed by atoms with Crippen molar-refractivity contribution in [2.24, 2.45) is 0 Å². The molecule has 0 fully saturated rings. The third kappa shape index (κ3) is 5.08. The molecule has 0 spiro atoms. The van der Waals surface area contributed by atoms with Crippen LogP contribution in [-0.4, -0.2) is 17.8 Å². The molecule has 0 aromatic heterocycles. The monoisotopic (exact) mass is 371 g/mol. The molecule has 0 heterocycles. The van der Waals surface area contributed by atoms with E-state index in [1.165, 1.54) is 6.07 Å². The second-order valence-electron chi connectivity index (χ2n) is 5.41. The van der Waals surface area contributed by atoms with E-state index in [1.807, 2.05) is 6.92 Å². The van der Waals surface area contributed by atoms with Gasteiger partial charge in [-0.3, -0.25) is 0 Å². The Labute approximate surface area is 151 Å². The number of benzene rings is 2. The number of halogens is 3. The summed E-state index contributed by atoms with van der Waals surface area (Å²) in [4.78, 5) is 0. The van der Waals surface area contributed by atoms with Gasteiger partial charge in [-0.15, -0.1) is 0 Å². The maximum Gasteiger partial charge on any atom is 0.131 e. The van der Waals surface area contributed by atoms with Crippen LogP contribution in [0.15, 0.2) is 36.4 Å². The van der Waals surface area contributed by atoms with Gasteiger partial charge in [-0.2, -0.15) is 0 Å². The number of nitrogens with one attached hydrogen (secondary N) is 1. The normalized spacial score (nSPS) is 12.2. The van der Waals surface area contributed by atoms with E-state index >= 15 is 0 Å². The highest BCUT2D eigenvalue weighted by Crippen LogP contribution is 2.26. The van der Waals surface area contributed by atoms with Crippen molar-refractivity contribution >= 4 is 23.2 Å². The molecule has 0 aliphatic rings. The lowest BCUT2D eigenvalue weighted by Gasteiger charge is -2.17. The van der Waals surface area contributed by atoms with E-state index in [-0.39, 0.29) is 19.3 Å². The van der Waals surface area contributed by atoms with Gasteiger partial charge < -0.3 is 15.2 Å². The van der Waals surface area contributed by atoms with Crippen LogP contribution in [0.2, 0.25) is 10.0 Å². The van der Waals surface area contributed by atoms with Crippen LogP contribution in [0.4, 0.5) is 4.39 Å². The van der Waals surface area contributed by atoms with Crippen LogP contribution in [0.25, 0.3) is 0 Å². The van der Waals surface area contributed by atoms with E-state index < -0.39 is 5.82 Å². The summed E-state index contributed by atoms with van der Waals surface area (Å²) in [5, 5.41) is 13.4. The van der Waals surface area contributed by atoms with Crippen molar-refractivity contribution in [1.82, 2.24) is 5.32 Å². The molecule has 0 aliphatic carbocycles. The van der Waals surface area contributed by atoms with E-state index in [0.29, 0.717) is 27.9 Å². The topological polar surface area (TPSA) is 41.5 Å². The zero-order chi connectivity index (χ0) is 17.5. The Kier molecular flexibility index (Phi) is 7.31. The third-order valence-electron chi connectivity index (χ3n) is 3.75. The largest absolute Gasteiger partial charge is 0.488 e. The first kappa shape index (κ1) is 19.0. The van der Waals surface area contributed by atoms with Crippen LogP contribution in [0.5, 0.6) is 5.75 Å². The van der Waals surface area contributed by atoms with Gasteiger partial charge in [0.2, 0.25) is 0 Å². The SMILES string of the molecule is CCC(CO)NCc1cc(Cl)ccc1OCc1c(F)cccc1Cl. The molecule has 1 unspecified atom stereocenters. The van der Waals surface area contributed by atoms with Crippen molar-refractivity contribution in [3.05, 3.63) is 63.4 Å². The molecule has 24 heavy (non-hydrogen) atoms. The Morgan fingerprint density at radius 1 is 1.25 bits per heavy atom. The molecule has 0 aliphatic heterocycles. The summed E-state index contributed by atoms with van der Waals surface area (Å²) in [6, 6.07) is 9.77. The van der Waals surface area contributed by atoms with E-state index in [9.17, 15) is 9.50 Å². The highest BCUT2D eigenvalue weighted by atomic mass is 35.5. The fraction of sp³-hybridized carbons (Fsp3) is 0.333. The number of aliphatic hydroxyl groups excluding tert-OH is 1. The second kappa shape index (κ2) is 9.23. The Morgan fingerprint density at radius 2 is 2.04 bits per heavy atom. The van der Waals surface area contributed by atoms with E-state index in [4.69, 9.17) is 27.9 Å². The summed E-state index contributed by atoms with van der Waals surface area (Å²) in [7, 11) is 0. The van der Waals surface area contributed by atoms with Crippen molar-refractivity contribution in [2.75, 3.05) is 6.61 Å². The quantitative estimate of drug-likeness (QED) is 0.713. The molecule has 0 radical (unpaired) electrons. The Bertz CT molecular complexity index is 658. The number of rotatable bonds is 8. The summed E-state index contributed by atoms with van der Waals surface area (Å²) < 4.78 is 19.6. The van der Waals surface area contributed by atoms with Crippen LogP contribution in [0.3, 0.4) is 0 Å². The van der Waals surface area contributed by atoms with Crippen LogP contribution in [-0.2, 0) is 13.2 Å². The average molecular weight is 372 g/mol. The van der Waals surface area contributed by atoms with E-state index in [1.54, 1.807) is 30.3 Å².